The van der Waals surface area contributed by atoms with Gasteiger partial charge in [-0.15, -0.1) is 0 Å². The van der Waals surface area contributed by atoms with Gasteiger partial charge in [-0.25, -0.2) is 8.78 Å². The molecule has 0 aliphatic heterocycles. The van der Waals surface area contributed by atoms with E-state index in [9.17, 15) is 22.0 Å². The molecule has 0 heterocycles. The summed E-state index contributed by atoms with van der Waals surface area (Å²) in [6, 6.07) is 3.79. The van der Waals surface area contributed by atoms with E-state index in [-0.39, 0.29) is 0 Å². The molecule has 90 valence electrons. The minimum atomic E-state index is -4.81. The van der Waals surface area contributed by atoms with Gasteiger partial charge >= 0.3 is 6.18 Å². The van der Waals surface area contributed by atoms with Crippen LogP contribution in [0.2, 0.25) is 0 Å². The van der Waals surface area contributed by atoms with Crippen molar-refractivity contribution in [2.24, 2.45) is 5.73 Å². The normalized spacial score (nSPS) is 14.9. The van der Waals surface area contributed by atoms with Crippen molar-refractivity contribution in [2.75, 3.05) is 0 Å². The third-order valence-corrected chi connectivity index (χ3v) is 2.09. The highest BCUT2D eigenvalue weighted by molar-refractivity contribution is 5.20. The SMILES string of the molecule is NC(CC(F)(F)c1ccccc1)C(F)(F)F. The molecule has 0 aliphatic carbocycles. The van der Waals surface area contributed by atoms with Crippen LogP contribution in [-0.2, 0) is 5.92 Å². The highest BCUT2D eigenvalue weighted by Gasteiger charge is 2.44. The van der Waals surface area contributed by atoms with Crippen LogP contribution in [0.15, 0.2) is 30.3 Å². The molecule has 6 heteroatoms. The van der Waals surface area contributed by atoms with Gasteiger partial charge in [0, 0.05) is 12.0 Å². The van der Waals surface area contributed by atoms with Crippen molar-refractivity contribution in [2.45, 2.75) is 24.6 Å². The highest BCUT2D eigenvalue weighted by Crippen LogP contribution is 2.35. The number of alkyl halides is 5. The summed E-state index contributed by atoms with van der Waals surface area (Å²) in [5.41, 5.74) is 4.21. The Kier molecular flexibility index (Phi) is 3.52. The van der Waals surface area contributed by atoms with E-state index in [4.69, 9.17) is 0 Å². The maximum atomic E-state index is 13.4. The fourth-order valence-electron chi connectivity index (χ4n) is 1.19. The molecule has 16 heavy (non-hydrogen) atoms. The van der Waals surface area contributed by atoms with Gasteiger partial charge < -0.3 is 5.73 Å². The van der Waals surface area contributed by atoms with Gasteiger partial charge in [-0.1, -0.05) is 30.3 Å². The largest absolute Gasteiger partial charge is 0.403 e. The van der Waals surface area contributed by atoms with E-state index in [0.717, 1.165) is 12.1 Å². The van der Waals surface area contributed by atoms with Crippen molar-refractivity contribution >= 4 is 0 Å². The van der Waals surface area contributed by atoms with Crippen molar-refractivity contribution in [3.63, 3.8) is 0 Å². The van der Waals surface area contributed by atoms with Gasteiger partial charge in [-0.2, -0.15) is 13.2 Å². The number of benzene rings is 1. The van der Waals surface area contributed by atoms with Crippen molar-refractivity contribution in [3.8, 4) is 0 Å². The number of hydrogen-bond donors (Lipinski definition) is 1. The van der Waals surface area contributed by atoms with Crippen LogP contribution in [0.4, 0.5) is 22.0 Å². The predicted molar refractivity (Wildman–Crippen MR) is 49.0 cm³/mol. The molecule has 0 bridgehead atoms. The standard InChI is InChI=1S/C10H10F5N/c11-9(12,6-8(16)10(13,14)15)7-4-2-1-3-5-7/h1-5,8H,6,16H2. The molecular weight excluding hydrogens is 229 g/mol. The summed E-state index contributed by atoms with van der Waals surface area (Å²) in [6.07, 6.45) is -6.25. The lowest BCUT2D eigenvalue weighted by Crippen LogP contribution is -2.41. The molecule has 1 atom stereocenters. The van der Waals surface area contributed by atoms with Gasteiger partial charge in [0.1, 0.15) is 6.04 Å². The molecular formula is C10H10F5N. The Morgan fingerprint density at radius 2 is 1.50 bits per heavy atom. The van der Waals surface area contributed by atoms with E-state index in [2.05, 4.69) is 5.73 Å². The van der Waals surface area contributed by atoms with Crippen LogP contribution in [-0.4, -0.2) is 12.2 Å². The second kappa shape index (κ2) is 4.37. The maximum Gasteiger partial charge on any atom is 0.403 e. The fourth-order valence-corrected chi connectivity index (χ4v) is 1.19. The molecule has 0 fully saturated rings. The van der Waals surface area contributed by atoms with Crippen LogP contribution < -0.4 is 5.73 Å². The second-order valence-electron chi connectivity index (χ2n) is 3.42. The molecule has 1 aromatic carbocycles. The number of rotatable bonds is 3. The Balaban J connectivity index is 2.80. The predicted octanol–water partition coefficient (Wildman–Crippen LogP) is 3.06. The molecule has 0 saturated heterocycles. The third-order valence-electron chi connectivity index (χ3n) is 2.09. The first-order valence-corrected chi connectivity index (χ1v) is 4.49. The first kappa shape index (κ1) is 12.9. The van der Waals surface area contributed by atoms with Crippen LogP contribution in [0.5, 0.6) is 0 Å². The Bertz CT molecular complexity index is 333. The molecule has 1 aromatic rings. The Labute approximate surface area is 89.1 Å². The molecule has 0 radical (unpaired) electrons. The lowest BCUT2D eigenvalue weighted by Gasteiger charge is -2.22. The highest BCUT2D eigenvalue weighted by atomic mass is 19.4. The average molecular weight is 239 g/mol. The molecule has 0 saturated carbocycles. The Hall–Kier alpha value is -1.17. The number of halogens is 5. The summed E-state index contributed by atoms with van der Waals surface area (Å²) in [5, 5.41) is 0. The Morgan fingerprint density at radius 3 is 1.94 bits per heavy atom. The number of hydrogen-bond acceptors (Lipinski definition) is 1. The van der Waals surface area contributed by atoms with Gasteiger partial charge in [-0.05, 0) is 0 Å². The molecule has 1 nitrogen and oxygen atoms in total. The van der Waals surface area contributed by atoms with Crippen LogP contribution in [0.1, 0.15) is 12.0 Å². The zero-order valence-electron chi connectivity index (χ0n) is 8.14. The fraction of sp³-hybridized carbons (Fsp3) is 0.400. The van der Waals surface area contributed by atoms with E-state index < -0.39 is 30.1 Å². The molecule has 1 rings (SSSR count). The van der Waals surface area contributed by atoms with E-state index in [1.165, 1.54) is 18.2 Å². The minimum Gasteiger partial charge on any atom is -0.320 e. The number of nitrogens with two attached hydrogens (primary N) is 1. The summed E-state index contributed by atoms with van der Waals surface area (Å²) in [4.78, 5) is 0. The molecule has 0 spiro atoms. The molecule has 0 aromatic heterocycles. The van der Waals surface area contributed by atoms with Crippen LogP contribution in [0.3, 0.4) is 0 Å². The summed E-state index contributed by atoms with van der Waals surface area (Å²) < 4.78 is 62.8. The van der Waals surface area contributed by atoms with Crippen molar-refractivity contribution in [3.05, 3.63) is 35.9 Å². The summed E-state index contributed by atoms with van der Waals surface area (Å²) in [5.74, 6) is -3.57. The topological polar surface area (TPSA) is 26.0 Å². The van der Waals surface area contributed by atoms with Gasteiger partial charge in [0.05, 0.1) is 0 Å². The van der Waals surface area contributed by atoms with Gasteiger partial charge in [0.25, 0.3) is 5.92 Å². The summed E-state index contributed by atoms with van der Waals surface area (Å²) in [7, 11) is 0. The lowest BCUT2D eigenvalue weighted by atomic mass is 10.0. The molecule has 2 N–H and O–H groups in total. The minimum absolute atomic E-state index is 0.463. The maximum absolute atomic E-state index is 13.4. The smallest absolute Gasteiger partial charge is 0.320 e. The average Bonchev–Trinajstić information content (AvgIpc) is 2.17. The van der Waals surface area contributed by atoms with E-state index in [1.54, 1.807) is 0 Å². The van der Waals surface area contributed by atoms with Gasteiger partial charge in [-0.3, -0.25) is 0 Å². The molecule has 0 amide bonds. The Morgan fingerprint density at radius 1 is 1.00 bits per heavy atom. The zero-order valence-corrected chi connectivity index (χ0v) is 8.14. The van der Waals surface area contributed by atoms with Crippen molar-refractivity contribution < 1.29 is 22.0 Å². The first-order chi connectivity index (χ1) is 7.23. The van der Waals surface area contributed by atoms with E-state index >= 15 is 0 Å². The monoisotopic (exact) mass is 239 g/mol. The third kappa shape index (κ3) is 3.16. The zero-order chi connectivity index (χ0) is 12.4. The van der Waals surface area contributed by atoms with Crippen molar-refractivity contribution in [1.82, 2.24) is 0 Å². The van der Waals surface area contributed by atoms with E-state index in [1.807, 2.05) is 0 Å². The molecule has 0 aliphatic rings. The van der Waals surface area contributed by atoms with Crippen LogP contribution in [0.25, 0.3) is 0 Å². The molecule has 1 unspecified atom stereocenters. The van der Waals surface area contributed by atoms with Crippen molar-refractivity contribution in [1.29, 1.82) is 0 Å². The van der Waals surface area contributed by atoms with E-state index in [0.29, 0.717) is 0 Å². The first-order valence-electron chi connectivity index (χ1n) is 4.49. The lowest BCUT2D eigenvalue weighted by molar-refractivity contribution is -0.166. The van der Waals surface area contributed by atoms with Gasteiger partial charge in [0.2, 0.25) is 0 Å². The second-order valence-corrected chi connectivity index (χ2v) is 3.42. The summed E-state index contributed by atoms with van der Waals surface area (Å²) >= 11 is 0. The van der Waals surface area contributed by atoms with Gasteiger partial charge in [0.15, 0.2) is 0 Å². The van der Waals surface area contributed by atoms with Crippen LogP contribution in [0, 0.1) is 0 Å². The summed E-state index contributed by atoms with van der Waals surface area (Å²) in [6.45, 7) is 0. The van der Waals surface area contributed by atoms with Crippen LogP contribution >= 0.6 is 0 Å². The quantitative estimate of drug-likeness (QED) is 0.806.